The van der Waals surface area contributed by atoms with Crippen LogP contribution in [-0.2, 0) is 11.3 Å². The standard InChI is InChI=1S/C26H32N4O2/c1-19-6-4-5-15-30(19)18-20-9-11-22(12-10-20)27-25(31)21-13-16-29(17-14-21)26-28-23-7-2-3-8-24(23)32-26/h2-3,7-12,19,21H,4-6,13-18H2,1H3,(H,27,31)/t19-/m0/s1. The number of benzene rings is 2. The summed E-state index contributed by atoms with van der Waals surface area (Å²) < 4.78 is 5.88. The molecule has 3 heterocycles. The number of anilines is 2. The zero-order valence-corrected chi connectivity index (χ0v) is 18.8. The molecular weight excluding hydrogens is 400 g/mol. The van der Waals surface area contributed by atoms with E-state index >= 15 is 0 Å². The number of carbonyl (C=O) groups is 1. The summed E-state index contributed by atoms with van der Waals surface area (Å²) in [4.78, 5) is 22.1. The van der Waals surface area contributed by atoms with Crippen molar-refractivity contribution >= 4 is 28.7 Å². The van der Waals surface area contributed by atoms with Crippen molar-refractivity contribution in [2.75, 3.05) is 29.9 Å². The van der Waals surface area contributed by atoms with Gasteiger partial charge in [0.25, 0.3) is 6.01 Å². The SMILES string of the molecule is C[C@H]1CCCCN1Cc1ccc(NC(=O)C2CCN(c3nc4ccccc4o3)CC2)cc1. The molecule has 6 heteroatoms. The van der Waals surface area contributed by atoms with Gasteiger partial charge in [-0.15, -0.1) is 0 Å². The summed E-state index contributed by atoms with van der Waals surface area (Å²) in [5.74, 6) is 0.129. The maximum absolute atomic E-state index is 12.8. The number of likely N-dealkylation sites (tertiary alicyclic amines) is 1. The second-order valence-electron chi connectivity index (χ2n) is 9.23. The second-order valence-corrected chi connectivity index (χ2v) is 9.23. The molecule has 0 saturated carbocycles. The predicted molar refractivity (Wildman–Crippen MR) is 128 cm³/mol. The normalized spacial score (nSPS) is 20.5. The highest BCUT2D eigenvalue weighted by Gasteiger charge is 2.27. The van der Waals surface area contributed by atoms with E-state index in [1.807, 2.05) is 36.4 Å². The Morgan fingerprint density at radius 3 is 2.56 bits per heavy atom. The molecule has 5 rings (SSSR count). The van der Waals surface area contributed by atoms with Crippen LogP contribution in [0, 0.1) is 5.92 Å². The van der Waals surface area contributed by atoms with E-state index in [0.717, 1.165) is 49.3 Å². The summed E-state index contributed by atoms with van der Waals surface area (Å²) in [6.45, 7) is 6.05. The first-order valence-electron chi connectivity index (χ1n) is 11.9. The number of aromatic nitrogens is 1. The third-order valence-electron chi connectivity index (χ3n) is 6.97. The lowest BCUT2D eigenvalue weighted by Crippen LogP contribution is -2.38. The first-order chi connectivity index (χ1) is 15.7. The molecule has 2 saturated heterocycles. The van der Waals surface area contributed by atoms with Crippen LogP contribution in [0.2, 0.25) is 0 Å². The highest BCUT2D eigenvalue weighted by atomic mass is 16.4. The number of hydrogen-bond acceptors (Lipinski definition) is 5. The maximum Gasteiger partial charge on any atom is 0.298 e. The molecule has 1 N–H and O–H groups in total. The Morgan fingerprint density at radius 2 is 1.81 bits per heavy atom. The molecular formula is C26H32N4O2. The lowest BCUT2D eigenvalue weighted by atomic mass is 9.96. The lowest BCUT2D eigenvalue weighted by molar-refractivity contribution is -0.120. The van der Waals surface area contributed by atoms with Crippen molar-refractivity contribution in [3.05, 3.63) is 54.1 Å². The van der Waals surface area contributed by atoms with Crippen molar-refractivity contribution in [3.8, 4) is 0 Å². The zero-order valence-electron chi connectivity index (χ0n) is 18.8. The quantitative estimate of drug-likeness (QED) is 0.611. The van der Waals surface area contributed by atoms with Crippen LogP contribution in [0.25, 0.3) is 11.1 Å². The van der Waals surface area contributed by atoms with Gasteiger partial charge in [0.1, 0.15) is 5.52 Å². The topological polar surface area (TPSA) is 61.6 Å². The molecule has 6 nitrogen and oxygen atoms in total. The first-order valence-corrected chi connectivity index (χ1v) is 11.9. The largest absolute Gasteiger partial charge is 0.423 e. The first kappa shape index (κ1) is 21.0. The molecule has 2 aliphatic heterocycles. The molecule has 1 aromatic heterocycles. The van der Waals surface area contributed by atoms with Gasteiger partial charge in [0.2, 0.25) is 5.91 Å². The van der Waals surface area contributed by atoms with Crippen molar-refractivity contribution in [3.63, 3.8) is 0 Å². The number of piperidine rings is 2. The van der Waals surface area contributed by atoms with Crippen molar-refractivity contribution in [1.82, 2.24) is 9.88 Å². The molecule has 2 aliphatic rings. The van der Waals surface area contributed by atoms with Gasteiger partial charge in [0.15, 0.2) is 5.58 Å². The van der Waals surface area contributed by atoms with E-state index in [1.165, 1.54) is 31.4 Å². The van der Waals surface area contributed by atoms with Gasteiger partial charge in [0.05, 0.1) is 0 Å². The van der Waals surface area contributed by atoms with Gasteiger partial charge in [-0.3, -0.25) is 9.69 Å². The summed E-state index contributed by atoms with van der Waals surface area (Å²) in [6.07, 6.45) is 5.53. The Kier molecular flexibility index (Phi) is 6.12. The van der Waals surface area contributed by atoms with Gasteiger partial charge >= 0.3 is 0 Å². The van der Waals surface area contributed by atoms with E-state index in [1.54, 1.807) is 0 Å². The predicted octanol–water partition coefficient (Wildman–Crippen LogP) is 5.06. The minimum Gasteiger partial charge on any atom is -0.423 e. The summed E-state index contributed by atoms with van der Waals surface area (Å²) in [6, 6.07) is 17.5. The summed E-state index contributed by atoms with van der Waals surface area (Å²) in [7, 11) is 0. The van der Waals surface area contributed by atoms with Crippen LogP contribution in [0.15, 0.2) is 52.9 Å². The minimum absolute atomic E-state index is 0.0181. The van der Waals surface area contributed by atoms with Crippen LogP contribution < -0.4 is 10.2 Å². The van der Waals surface area contributed by atoms with E-state index in [4.69, 9.17) is 4.42 Å². The molecule has 2 aromatic carbocycles. The van der Waals surface area contributed by atoms with Crippen LogP contribution in [0.3, 0.4) is 0 Å². The Hall–Kier alpha value is -2.86. The Balaban J connectivity index is 1.13. The Labute approximate surface area is 189 Å². The van der Waals surface area contributed by atoms with E-state index in [9.17, 15) is 4.79 Å². The fourth-order valence-corrected chi connectivity index (χ4v) is 4.89. The number of oxazole rings is 1. The third-order valence-corrected chi connectivity index (χ3v) is 6.97. The van der Waals surface area contributed by atoms with Crippen LogP contribution in [-0.4, -0.2) is 41.5 Å². The molecule has 0 aliphatic carbocycles. The molecule has 168 valence electrons. The van der Waals surface area contributed by atoms with Crippen molar-refractivity contribution in [2.45, 2.75) is 51.6 Å². The molecule has 3 aromatic rings. The molecule has 1 amide bonds. The fourth-order valence-electron chi connectivity index (χ4n) is 4.89. The molecule has 0 bridgehead atoms. The van der Waals surface area contributed by atoms with Gasteiger partial charge < -0.3 is 14.6 Å². The van der Waals surface area contributed by atoms with Crippen molar-refractivity contribution in [1.29, 1.82) is 0 Å². The number of rotatable bonds is 5. The molecule has 2 fully saturated rings. The summed E-state index contributed by atoms with van der Waals surface area (Å²) >= 11 is 0. The second kappa shape index (κ2) is 9.33. The van der Waals surface area contributed by atoms with Crippen LogP contribution in [0.5, 0.6) is 0 Å². The highest BCUT2D eigenvalue weighted by Crippen LogP contribution is 2.27. The molecule has 0 unspecified atom stereocenters. The third kappa shape index (κ3) is 4.65. The fraction of sp³-hybridized carbons (Fsp3) is 0.462. The van der Waals surface area contributed by atoms with Crippen LogP contribution in [0.4, 0.5) is 11.7 Å². The van der Waals surface area contributed by atoms with Gasteiger partial charge in [-0.05, 0) is 69.0 Å². The van der Waals surface area contributed by atoms with Crippen molar-refractivity contribution in [2.24, 2.45) is 5.92 Å². The van der Waals surface area contributed by atoms with Crippen LogP contribution in [0.1, 0.15) is 44.6 Å². The Bertz CT molecular complexity index is 1020. The Morgan fingerprint density at radius 1 is 1.03 bits per heavy atom. The average molecular weight is 433 g/mol. The molecule has 1 atom stereocenters. The maximum atomic E-state index is 12.8. The number of fused-ring (bicyclic) bond motifs is 1. The van der Waals surface area contributed by atoms with Gasteiger partial charge in [-0.1, -0.05) is 30.7 Å². The molecule has 0 radical (unpaired) electrons. The average Bonchev–Trinajstić information content (AvgIpc) is 3.26. The number of nitrogens with zero attached hydrogens (tertiary/aromatic N) is 3. The van der Waals surface area contributed by atoms with Crippen molar-refractivity contribution < 1.29 is 9.21 Å². The van der Waals surface area contributed by atoms with Gasteiger partial charge in [0, 0.05) is 37.3 Å². The molecule has 0 spiro atoms. The monoisotopic (exact) mass is 432 g/mol. The summed E-state index contributed by atoms with van der Waals surface area (Å²) in [5, 5.41) is 3.12. The van der Waals surface area contributed by atoms with E-state index in [2.05, 4.69) is 39.2 Å². The highest BCUT2D eigenvalue weighted by molar-refractivity contribution is 5.92. The number of amides is 1. The van der Waals surface area contributed by atoms with Gasteiger partial charge in [-0.25, -0.2) is 0 Å². The summed E-state index contributed by atoms with van der Waals surface area (Å²) in [5.41, 5.74) is 3.87. The number of nitrogens with one attached hydrogen (secondary N) is 1. The molecule has 32 heavy (non-hydrogen) atoms. The smallest absolute Gasteiger partial charge is 0.298 e. The van der Waals surface area contributed by atoms with E-state index < -0.39 is 0 Å². The van der Waals surface area contributed by atoms with Crippen LogP contribution >= 0.6 is 0 Å². The van der Waals surface area contributed by atoms with E-state index in [0.29, 0.717) is 12.1 Å². The minimum atomic E-state index is 0.0181. The van der Waals surface area contributed by atoms with Gasteiger partial charge in [-0.2, -0.15) is 4.98 Å². The lowest BCUT2D eigenvalue weighted by Gasteiger charge is -2.33. The number of hydrogen-bond donors (Lipinski definition) is 1. The number of para-hydroxylation sites is 2. The zero-order chi connectivity index (χ0) is 21.9. The van der Waals surface area contributed by atoms with E-state index in [-0.39, 0.29) is 11.8 Å². The number of carbonyl (C=O) groups excluding carboxylic acids is 1.